The molecule has 0 spiro atoms. The Kier molecular flexibility index (Phi) is 2.58. The second-order valence-corrected chi connectivity index (χ2v) is 3.51. The fourth-order valence-corrected chi connectivity index (χ4v) is 1.48. The lowest BCUT2D eigenvalue weighted by Gasteiger charge is -2.00. The zero-order valence-corrected chi connectivity index (χ0v) is 8.02. The molecule has 1 aliphatic heterocycles. The Morgan fingerprint density at radius 2 is 2.50 bits per heavy atom. The number of ketones is 1. The Bertz CT molecular complexity index is 329. The van der Waals surface area contributed by atoms with Crippen molar-refractivity contribution in [2.75, 3.05) is 13.2 Å². The predicted molar refractivity (Wildman–Crippen MR) is 46.9 cm³/mol. The van der Waals surface area contributed by atoms with Crippen LogP contribution in [0.4, 0.5) is 0 Å². The van der Waals surface area contributed by atoms with Gasteiger partial charge in [0.25, 0.3) is 5.89 Å². The minimum absolute atomic E-state index is 0.0962. The van der Waals surface area contributed by atoms with Crippen molar-refractivity contribution < 1.29 is 14.1 Å². The van der Waals surface area contributed by atoms with E-state index in [1.807, 2.05) is 0 Å². The first-order chi connectivity index (χ1) is 6.75. The van der Waals surface area contributed by atoms with Crippen molar-refractivity contribution in [3.63, 3.8) is 0 Å². The van der Waals surface area contributed by atoms with E-state index in [4.69, 9.17) is 9.26 Å². The molecule has 1 aromatic rings. The molecule has 0 saturated carbocycles. The monoisotopic (exact) mass is 196 g/mol. The molecule has 1 unspecified atom stereocenters. The molecule has 2 rings (SSSR count). The SMILES string of the molecule is CC(=O)c1nc(CC2CCOC2)no1. The first-order valence-corrected chi connectivity index (χ1v) is 4.67. The van der Waals surface area contributed by atoms with Crippen molar-refractivity contribution in [1.29, 1.82) is 0 Å². The Balaban J connectivity index is 1.98. The average Bonchev–Trinajstić information content (AvgIpc) is 2.75. The maximum atomic E-state index is 10.9. The zero-order chi connectivity index (χ0) is 9.97. The van der Waals surface area contributed by atoms with Gasteiger partial charge in [0.15, 0.2) is 5.82 Å². The van der Waals surface area contributed by atoms with E-state index in [-0.39, 0.29) is 11.7 Å². The number of ether oxygens (including phenoxy) is 1. The maximum Gasteiger partial charge on any atom is 0.293 e. The van der Waals surface area contributed by atoms with Gasteiger partial charge in [0.1, 0.15) is 0 Å². The molecular formula is C9H12N2O3. The van der Waals surface area contributed by atoms with Gasteiger partial charge in [-0.3, -0.25) is 4.79 Å². The second kappa shape index (κ2) is 3.88. The number of carbonyl (C=O) groups is 1. The quantitative estimate of drug-likeness (QED) is 0.670. The Morgan fingerprint density at radius 1 is 1.64 bits per heavy atom. The number of hydrogen-bond donors (Lipinski definition) is 0. The van der Waals surface area contributed by atoms with Crippen molar-refractivity contribution in [1.82, 2.24) is 10.1 Å². The highest BCUT2D eigenvalue weighted by atomic mass is 16.5. The third-order valence-electron chi connectivity index (χ3n) is 2.26. The van der Waals surface area contributed by atoms with Crippen LogP contribution in [0, 0.1) is 5.92 Å². The number of nitrogens with zero attached hydrogens (tertiary/aromatic N) is 2. The van der Waals surface area contributed by atoms with Crippen LogP contribution in [0.25, 0.3) is 0 Å². The highest BCUT2D eigenvalue weighted by Gasteiger charge is 2.19. The van der Waals surface area contributed by atoms with Gasteiger partial charge in [0, 0.05) is 26.6 Å². The fraction of sp³-hybridized carbons (Fsp3) is 0.667. The van der Waals surface area contributed by atoms with Crippen LogP contribution in [-0.2, 0) is 11.2 Å². The number of aromatic nitrogens is 2. The summed E-state index contributed by atoms with van der Waals surface area (Å²) in [5, 5.41) is 3.74. The molecule has 2 heterocycles. The fourth-order valence-electron chi connectivity index (χ4n) is 1.48. The number of hydrogen-bond acceptors (Lipinski definition) is 5. The summed E-state index contributed by atoms with van der Waals surface area (Å²) in [5.74, 6) is 0.975. The number of Topliss-reactive ketones (excluding diaryl/α,β-unsaturated/α-hetero) is 1. The van der Waals surface area contributed by atoms with Gasteiger partial charge in [0.05, 0.1) is 0 Å². The lowest BCUT2D eigenvalue weighted by molar-refractivity contribution is 0.0972. The first-order valence-electron chi connectivity index (χ1n) is 4.67. The molecule has 5 nitrogen and oxygen atoms in total. The van der Waals surface area contributed by atoms with E-state index in [0.717, 1.165) is 26.1 Å². The van der Waals surface area contributed by atoms with Gasteiger partial charge in [0.2, 0.25) is 5.78 Å². The van der Waals surface area contributed by atoms with Crippen molar-refractivity contribution in [3.05, 3.63) is 11.7 Å². The van der Waals surface area contributed by atoms with E-state index in [2.05, 4.69) is 10.1 Å². The topological polar surface area (TPSA) is 65.2 Å². The van der Waals surface area contributed by atoms with E-state index < -0.39 is 0 Å². The molecule has 0 aromatic carbocycles. The van der Waals surface area contributed by atoms with E-state index >= 15 is 0 Å². The van der Waals surface area contributed by atoms with E-state index in [1.165, 1.54) is 6.92 Å². The standard InChI is InChI=1S/C9H12N2O3/c1-6(12)9-10-8(11-14-9)4-7-2-3-13-5-7/h7H,2-5H2,1H3. The minimum atomic E-state index is -0.188. The molecule has 0 aliphatic carbocycles. The van der Waals surface area contributed by atoms with Gasteiger partial charge >= 0.3 is 0 Å². The van der Waals surface area contributed by atoms with E-state index in [0.29, 0.717) is 11.7 Å². The Morgan fingerprint density at radius 3 is 3.07 bits per heavy atom. The van der Waals surface area contributed by atoms with Gasteiger partial charge < -0.3 is 9.26 Å². The summed E-state index contributed by atoms with van der Waals surface area (Å²) < 4.78 is 10.0. The summed E-state index contributed by atoms with van der Waals surface area (Å²) in [5.41, 5.74) is 0. The van der Waals surface area contributed by atoms with Crippen molar-refractivity contribution in [3.8, 4) is 0 Å². The molecule has 5 heteroatoms. The largest absolute Gasteiger partial charge is 0.381 e. The molecule has 76 valence electrons. The van der Waals surface area contributed by atoms with Crippen molar-refractivity contribution in [2.24, 2.45) is 5.92 Å². The highest BCUT2D eigenvalue weighted by molar-refractivity contribution is 5.89. The van der Waals surface area contributed by atoms with Gasteiger partial charge in [-0.25, -0.2) is 0 Å². The second-order valence-electron chi connectivity index (χ2n) is 3.51. The highest BCUT2D eigenvalue weighted by Crippen LogP contribution is 2.16. The predicted octanol–water partition coefficient (Wildman–Crippen LogP) is 0.851. The average molecular weight is 196 g/mol. The summed E-state index contributed by atoms with van der Waals surface area (Å²) in [6.07, 6.45) is 1.76. The summed E-state index contributed by atoms with van der Waals surface area (Å²) in [4.78, 5) is 14.9. The molecule has 1 fully saturated rings. The van der Waals surface area contributed by atoms with Crippen LogP contribution < -0.4 is 0 Å². The van der Waals surface area contributed by atoms with E-state index in [1.54, 1.807) is 0 Å². The van der Waals surface area contributed by atoms with Crippen LogP contribution in [0.2, 0.25) is 0 Å². The van der Waals surface area contributed by atoms with Crippen LogP contribution in [0.5, 0.6) is 0 Å². The molecule has 0 N–H and O–H groups in total. The van der Waals surface area contributed by atoms with Crippen LogP contribution in [-0.4, -0.2) is 29.1 Å². The van der Waals surface area contributed by atoms with Crippen LogP contribution >= 0.6 is 0 Å². The van der Waals surface area contributed by atoms with Crippen LogP contribution in [0.3, 0.4) is 0 Å². The van der Waals surface area contributed by atoms with Crippen LogP contribution in [0.1, 0.15) is 29.9 Å². The van der Waals surface area contributed by atoms with Gasteiger partial charge in [-0.2, -0.15) is 4.98 Å². The van der Waals surface area contributed by atoms with Crippen molar-refractivity contribution >= 4 is 5.78 Å². The molecule has 0 radical (unpaired) electrons. The Hall–Kier alpha value is -1.23. The third-order valence-corrected chi connectivity index (χ3v) is 2.26. The van der Waals surface area contributed by atoms with Crippen LogP contribution in [0.15, 0.2) is 4.52 Å². The first kappa shape index (κ1) is 9.33. The van der Waals surface area contributed by atoms with Crippen molar-refractivity contribution in [2.45, 2.75) is 19.8 Å². The molecular weight excluding hydrogens is 184 g/mol. The molecule has 1 aromatic heterocycles. The van der Waals surface area contributed by atoms with E-state index in [9.17, 15) is 4.79 Å². The van der Waals surface area contributed by atoms with Gasteiger partial charge in [-0.05, 0) is 12.3 Å². The molecule has 0 amide bonds. The third kappa shape index (κ3) is 1.98. The lowest BCUT2D eigenvalue weighted by atomic mass is 10.1. The lowest BCUT2D eigenvalue weighted by Crippen LogP contribution is -2.05. The summed E-state index contributed by atoms with van der Waals surface area (Å²) in [6, 6.07) is 0. The smallest absolute Gasteiger partial charge is 0.293 e. The maximum absolute atomic E-state index is 10.9. The zero-order valence-electron chi connectivity index (χ0n) is 8.02. The Labute approximate surface area is 81.4 Å². The molecule has 1 aliphatic rings. The van der Waals surface area contributed by atoms with Gasteiger partial charge in [-0.1, -0.05) is 5.16 Å². The number of carbonyl (C=O) groups excluding carboxylic acids is 1. The molecule has 0 bridgehead atoms. The minimum Gasteiger partial charge on any atom is -0.381 e. The number of rotatable bonds is 3. The summed E-state index contributed by atoms with van der Waals surface area (Å²) in [7, 11) is 0. The molecule has 14 heavy (non-hydrogen) atoms. The molecule has 1 atom stereocenters. The summed E-state index contributed by atoms with van der Waals surface area (Å²) >= 11 is 0. The summed E-state index contributed by atoms with van der Waals surface area (Å²) in [6.45, 7) is 2.97. The normalized spacial score (nSPS) is 21.4. The molecule has 1 saturated heterocycles. The van der Waals surface area contributed by atoms with Gasteiger partial charge in [-0.15, -0.1) is 0 Å².